The van der Waals surface area contributed by atoms with E-state index in [1.54, 1.807) is 6.08 Å². The summed E-state index contributed by atoms with van der Waals surface area (Å²) in [6.45, 7) is 9.83. The summed E-state index contributed by atoms with van der Waals surface area (Å²) in [6, 6.07) is 0.191. The Kier molecular flexibility index (Phi) is 6.22. The molecule has 1 amide bonds. The second-order valence-electron chi connectivity index (χ2n) is 4.66. The normalized spacial score (nSPS) is 20.6. The molecule has 1 rings (SSSR count). The van der Waals surface area contributed by atoms with Crippen LogP contribution in [0.5, 0.6) is 0 Å². The fraction of sp³-hybridized carbons (Fsp3) is 0.769. The minimum absolute atomic E-state index is 0.0313. The summed E-state index contributed by atoms with van der Waals surface area (Å²) in [7, 11) is 0. The van der Waals surface area contributed by atoms with E-state index in [1.165, 1.54) is 0 Å². The van der Waals surface area contributed by atoms with Crippen LogP contribution >= 0.6 is 0 Å². The van der Waals surface area contributed by atoms with Gasteiger partial charge in [-0.05, 0) is 32.6 Å². The van der Waals surface area contributed by atoms with Crippen LogP contribution < -0.4 is 10.6 Å². The van der Waals surface area contributed by atoms with Gasteiger partial charge in [-0.2, -0.15) is 0 Å². The van der Waals surface area contributed by atoms with Crippen molar-refractivity contribution in [1.82, 2.24) is 10.6 Å². The Morgan fingerprint density at radius 3 is 2.71 bits per heavy atom. The van der Waals surface area contributed by atoms with Gasteiger partial charge in [0.05, 0.1) is 6.04 Å². The van der Waals surface area contributed by atoms with E-state index in [1.807, 2.05) is 6.92 Å². The number of carbonyl (C=O) groups excluding carboxylic acids is 1. The lowest BCUT2D eigenvalue weighted by molar-refractivity contribution is -0.122. The quantitative estimate of drug-likeness (QED) is 0.683. The molecule has 98 valence electrons. The molecule has 0 spiro atoms. The molecule has 0 aromatic heterocycles. The van der Waals surface area contributed by atoms with Gasteiger partial charge in [-0.1, -0.05) is 6.08 Å². The van der Waals surface area contributed by atoms with Gasteiger partial charge in [0.15, 0.2) is 0 Å². The smallest absolute Gasteiger partial charge is 0.237 e. The van der Waals surface area contributed by atoms with Crippen molar-refractivity contribution in [3.8, 4) is 0 Å². The maximum absolute atomic E-state index is 11.7. The number of hydrogen-bond acceptors (Lipinski definition) is 3. The molecule has 2 unspecified atom stereocenters. The molecule has 0 aliphatic carbocycles. The van der Waals surface area contributed by atoms with Gasteiger partial charge in [-0.25, -0.2) is 0 Å². The highest BCUT2D eigenvalue weighted by atomic mass is 16.5. The summed E-state index contributed by atoms with van der Waals surface area (Å²) in [6.07, 6.45) is 3.84. The van der Waals surface area contributed by atoms with E-state index < -0.39 is 0 Å². The van der Waals surface area contributed by atoms with E-state index >= 15 is 0 Å². The van der Waals surface area contributed by atoms with Gasteiger partial charge in [0.1, 0.15) is 0 Å². The van der Waals surface area contributed by atoms with Crippen molar-refractivity contribution in [3.63, 3.8) is 0 Å². The lowest BCUT2D eigenvalue weighted by Gasteiger charge is -2.30. The standard InChI is InChI=1S/C13H24N2O2/c1-4-7-14-13(16)11(3)15-10(2)12-5-8-17-9-6-12/h4,10-12,15H,1,5-9H2,2-3H3,(H,14,16). The van der Waals surface area contributed by atoms with Crippen LogP contribution in [-0.4, -0.2) is 37.7 Å². The highest BCUT2D eigenvalue weighted by molar-refractivity contribution is 5.81. The fourth-order valence-corrected chi connectivity index (χ4v) is 2.15. The molecule has 0 radical (unpaired) electrons. The third-order valence-electron chi connectivity index (χ3n) is 3.30. The van der Waals surface area contributed by atoms with Crippen molar-refractivity contribution in [2.24, 2.45) is 5.92 Å². The molecule has 1 aliphatic heterocycles. The molecule has 1 aliphatic rings. The van der Waals surface area contributed by atoms with E-state index in [0.717, 1.165) is 26.1 Å². The minimum atomic E-state index is -0.159. The minimum Gasteiger partial charge on any atom is -0.381 e. The molecule has 0 aromatic rings. The number of carbonyl (C=O) groups is 1. The number of rotatable bonds is 6. The maximum atomic E-state index is 11.7. The zero-order valence-corrected chi connectivity index (χ0v) is 10.9. The molecule has 0 saturated carbocycles. The second kappa shape index (κ2) is 7.45. The van der Waals surface area contributed by atoms with Crippen LogP contribution in [-0.2, 0) is 9.53 Å². The van der Waals surface area contributed by atoms with Crippen molar-refractivity contribution < 1.29 is 9.53 Å². The Balaban J connectivity index is 2.30. The summed E-state index contributed by atoms with van der Waals surface area (Å²) >= 11 is 0. The van der Waals surface area contributed by atoms with E-state index in [2.05, 4.69) is 24.1 Å². The molecule has 1 saturated heterocycles. The highest BCUT2D eigenvalue weighted by Gasteiger charge is 2.23. The first kappa shape index (κ1) is 14.2. The van der Waals surface area contributed by atoms with E-state index in [0.29, 0.717) is 18.5 Å². The lowest BCUT2D eigenvalue weighted by Crippen LogP contribution is -2.48. The zero-order chi connectivity index (χ0) is 12.7. The molecule has 1 fully saturated rings. The number of amides is 1. The van der Waals surface area contributed by atoms with Gasteiger partial charge in [-0.3, -0.25) is 4.79 Å². The molecule has 2 N–H and O–H groups in total. The van der Waals surface area contributed by atoms with E-state index in [9.17, 15) is 4.79 Å². The first-order chi connectivity index (χ1) is 8.15. The largest absolute Gasteiger partial charge is 0.381 e. The topological polar surface area (TPSA) is 50.4 Å². The molecule has 1 heterocycles. The van der Waals surface area contributed by atoms with Gasteiger partial charge < -0.3 is 15.4 Å². The molecular weight excluding hydrogens is 216 g/mol. The van der Waals surface area contributed by atoms with Crippen LogP contribution in [0.15, 0.2) is 12.7 Å². The molecule has 17 heavy (non-hydrogen) atoms. The van der Waals surface area contributed by atoms with Crippen molar-refractivity contribution in [2.75, 3.05) is 19.8 Å². The average molecular weight is 240 g/mol. The van der Waals surface area contributed by atoms with Gasteiger partial charge in [0.25, 0.3) is 0 Å². The molecule has 4 heteroatoms. The Morgan fingerprint density at radius 1 is 1.47 bits per heavy atom. The van der Waals surface area contributed by atoms with Crippen molar-refractivity contribution >= 4 is 5.91 Å². The van der Waals surface area contributed by atoms with Crippen molar-refractivity contribution in [1.29, 1.82) is 0 Å². The predicted octanol–water partition coefficient (Wildman–Crippen LogP) is 1.08. The number of hydrogen-bond donors (Lipinski definition) is 2. The Morgan fingerprint density at radius 2 is 2.12 bits per heavy atom. The average Bonchev–Trinajstić information content (AvgIpc) is 2.36. The van der Waals surface area contributed by atoms with E-state index in [-0.39, 0.29) is 11.9 Å². The van der Waals surface area contributed by atoms with E-state index in [4.69, 9.17) is 4.74 Å². The second-order valence-corrected chi connectivity index (χ2v) is 4.66. The van der Waals surface area contributed by atoms with Gasteiger partial charge in [0.2, 0.25) is 5.91 Å². The Hall–Kier alpha value is -0.870. The summed E-state index contributed by atoms with van der Waals surface area (Å²) in [5.74, 6) is 0.641. The first-order valence-electron chi connectivity index (χ1n) is 6.37. The third kappa shape index (κ3) is 4.88. The molecule has 2 atom stereocenters. The summed E-state index contributed by atoms with van der Waals surface area (Å²) in [5, 5.41) is 6.15. The summed E-state index contributed by atoms with van der Waals surface area (Å²) in [4.78, 5) is 11.7. The van der Waals surface area contributed by atoms with Crippen LogP contribution in [0.25, 0.3) is 0 Å². The van der Waals surface area contributed by atoms with Crippen LogP contribution in [0.3, 0.4) is 0 Å². The SMILES string of the molecule is C=CCNC(=O)C(C)NC(C)C1CCOCC1. The zero-order valence-electron chi connectivity index (χ0n) is 10.9. The van der Waals surface area contributed by atoms with Gasteiger partial charge in [0, 0.05) is 25.8 Å². The van der Waals surface area contributed by atoms with Crippen LogP contribution in [0.1, 0.15) is 26.7 Å². The van der Waals surface area contributed by atoms with Crippen LogP contribution in [0.4, 0.5) is 0 Å². The third-order valence-corrected chi connectivity index (χ3v) is 3.30. The van der Waals surface area contributed by atoms with Gasteiger partial charge >= 0.3 is 0 Å². The first-order valence-corrected chi connectivity index (χ1v) is 6.37. The fourth-order valence-electron chi connectivity index (χ4n) is 2.15. The van der Waals surface area contributed by atoms with Gasteiger partial charge in [-0.15, -0.1) is 6.58 Å². The Bertz CT molecular complexity index is 250. The lowest BCUT2D eigenvalue weighted by atomic mass is 9.92. The highest BCUT2D eigenvalue weighted by Crippen LogP contribution is 2.18. The summed E-state index contributed by atoms with van der Waals surface area (Å²) < 4.78 is 5.34. The summed E-state index contributed by atoms with van der Waals surface area (Å²) in [5.41, 5.74) is 0. The predicted molar refractivity (Wildman–Crippen MR) is 68.8 cm³/mol. The maximum Gasteiger partial charge on any atom is 0.237 e. The number of ether oxygens (including phenoxy) is 1. The Labute approximate surface area is 104 Å². The molecular formula is C13H24N2O2. The van der Waals surface area contributed by atoms with Crippen molar-refractivity contribution in [2.45, 2.75) is 38.8 Å². The molecule has 0 aromatic carbocycles. The number of nitrogens with one attached hydrogen (secondary N) is 2. The van der Waals surface area contributed by atoms with Crippen molar-refractivity contribution in [3.05, 3.63) is 12.7 Å². The van der Waals surface area contributed by atoms with Crippen LogP contribution in [0, 0.1) is 5.92 Å². The molecule has 0 bridgehead atoms. The van der Waals surface area contributed by atoms with Crippen LogP contribution in [0.2, 0.25) is 0 Å². The monoisotopic (exact) mass is 240 g/mol. The molecule has 4 nitrogen and oxygen atoms in total.